The number of hydrogen-bond acceptors (Lipinski definition) is 5. The molecule has 1 saturated heterocycles. The minimum absolute atomic E-state index is 0.101. The van der Waals surface area contributed by atoms with Gasteiger partial charge in [0.25, 0.3) is 0 Å². The van der Waals surface area contributed by atoms with Gasteiger partial charge in [-0.05, 0) is 36.8 Å². The third-order valence-electron chi connectivity index (χ3n) is 5.21. The lowest BCUT2D eigenvalue weighted by molar-refractivity contribution is -0.126. The Morgan fingerprint density at radius 1 is 1.07 bits per heavy atom. The molecule has 0 aromatic heterocycles. The molecule has 1 aliphatic heterocycles. The van der Waals surface area contributed by atoms with Crippen LogP contribution in [0.5, 0.6) is 17.2 Å². The van der Waals surface area contributed by atoms with Gasteiger partial charge in [-0.15, -0.1) is 0 Å². The molecule has 1 fully saturated rings. The highest BCUT2D eigenvalue weighted by molar-refractivity contribution is 6.00. The van der Waals surface area contributed by atoms with Gasteiger partial charge in [-0.2, -0.15) is 0 Å². The fraction of sp³-hybridized carbons (Fsp3) is 0.364. The molecule has 0 spiro atoms. The SMILES string of the molecule is COc1ccc([C@H](C)NC(=O)[C@@H]2CC(=O)N(c3ccc(OC)c(OC)c3)C2)cc1F. The van der Waals surface area contributed by atoms with Crippen LogP contribution >= 0.6 is 0 Å². The molecular weight excluding hydrogens is 391 g/mol. The number of amides is 2. The van der Waals surface area contributed by atoms with Gasteiger partial charge in [0.2, 0.25) is 11.8 Å². The molecule has 1 N–H and O–H groups in total. The molecule has 7 nitrogen and oxygen atoms in total. The molecular formula is C22H25FN2O5. The summed E-state index contributed by atoms with van der Waals surface area (Å²) in [6, 6.07) is 9.31. The topological polar surface area (TPSA) is 77.1 Å². The minimum Gasteiger partial charge on any atom is -0.494 e. The van der Waals surface area contributed by atoms with E-state index in [-0.39, 0.29) is 30.5 Å². The molecule has 3 rings (SSSR count). The van der Waals surface area contributed by atoms with Crippen LogP contribution in [0, 0.1) is 11.7 Å². The number of carbonyl (C=O) groups is 2. The molecule has 2 aromatic rings. The Balaban J connectivity index is 1.68. The fourth-order valence-corrected chi connectivity index (χ4v) is 3.49. The van der Waals surface area contributed by atoms with Crippen molar-refractivity contribution in [1.29, 1.82) is 0 Å². The summed E-state index contributed by atoms with van der Waals surface area (Å²) in [4.78, 5) is 26.8. The van der Waals surface area contributed by atoms with E-state index in [1.165, 1.54) is 33.5 Å². The zero-order chi connectivity index (χ0) is 21.8. The first-order valence-corrected chi connectivity index (χ1v) is 9.54. The first-order valence-electron chi connectivity index (χ1n) is 9.54. The molecule has 0 aliphatic carbocycles. The van der Waals surface area contributed by atoms with E-state index in [1.54, 1.807) is 36.1 Å². The number of nitrogens with zero attached hydrogens (tertiary/aromatic N) is 1. The van der Waals surface area contributed by atoms with Crippen molar-refractivity contribution in [3.8, 4) is 17.2 Å². The van der Waals surface area contributed by atoms with Gasteiger partial charge in [-0.25, -0.2) is 4.39 Å². The minimum atomic E-state index is -0.504. The van der Waals surface area contributed by atoms with E-state index in [1.807, 2.05) is 0 Å². The summed E-state index contributed by atoms with van der Waals surface area (Å²) >= 11 is 0. The molecule has 0 unspecified atom stereocenters. The van der Waals surface area contributed by atoms with Gasteiger partial charge in [0.15, 0.2) is 23.1 Å². The van der Waals surface area contributed by atoms with Crippen LogP contribution in [0.15, 0.2) is 36.4 Å². The molecule has 160 valence electrons. The lowest BCUT2D eigenvalue weighted by Gasteiger charge is -2.20. The second kappa shape index (κ2) is 9.02. The van der Waals surface area contributed by atoms with Crippen LogP contribution in [0.2, 0.25) is 0 Å². The lowest BCUT2D eigenvalue weighted by atomic mass is 10.0. The van der Waals surface area contributed by atoms with Crippen LogP contribution < -0.4 is 24.4 Å². The maximum absolute atomic E-state index is 13.9. The van der Waals surface area contributed by atoms with Gasteiger partial charge in [-0.1, -0.05) is 6.07 Å². The van der Waals surface area contributed by atoms with Crippen molar-refractivity contribution in [2.75, 3.05) is 32.8 Å². The van der Waals surface area contributed by atoms with E-state index >= 15 is 0 Å². The predicted octanol–water partition coefficient (Wildman–Crippen LogP) is 3.08. The van der Waals surface area contributed by atoms with Gasteiger partial charge in [0.1, 0.15) is 0 Å². The maximum atomic E-state index is 13.9. The second-order valence-corrected chi connectivity index (χ2v) is 7.07. The Labute approximate surface area is 174 Å². The highest BCUT2D eigenvalue weighted by Crippen LogP contribution is 2.34. The Bertz CT molecular complexity index is 949. The molecule has 1 aliphatic rings. The van der Waals surface area contributed by atoms with E-state index < -0.39 is 17.8 Å². The zero-order valence-electron chi connectivity index (χ0n) is 17.4. The van der Waals surface area contributed by atoms with Crippen LogP contribution in [-0.4, -0.2) is 39.7 Å². The number of hydrogen-bond donors (Lipinski definition) is 1. The first kappa shape index (κ1) is 21.4. The number of rotatable bonds is 7. The largest absolute Gasteiger partial charge is 0.494 e. The van der Waals surface area contributed by atoms with Crippen molar-refractivity contribution in [2.24, 2.45) is 5.92 Å². The molecule has 2 amide bonds. The van der Waals surface area contributed by atoms with E-state index in [9.17, 15) is 14.0 Å². The fourth-order valence-electron chi connectivity index (χ4n) is 3.49. The lowest BCUT2D eigenvalue weighted by Crippen LogP contribution is -2.34. The van der Waals surface area contributed by atoms with Gasteiger partial charge in [0, 0.05) is 24.7 Å². The summed E-state index contributed by atoms with van der Waals surface area (Å²) < 4.78 is 29.4. The van der Waals surface area contributed by atoms with Gasteiger partial charge in [-0.3, -0.25) is 9.59 Å². The average Bonchev–Trinajstić information content (AvgIpc) is 3.14. The molecule has 0 bridgehead atoms. The Morgan fingerprint density at radius 3 is 2.37 bits per heavy atom. The van der Waals surface area contributed by atoms with Crippen LogP contribution in [0.1, 0.15) is 24.9 Å². The van der Waals surface area contributed by atoms with E-state index in [0.29, 0.717) is 22.7 Å². The summed E-state index contributed by atoms with van der Waals surface area (Å²) in [5, 5.41) is 2.87. The number of anilines is 1. The maximum Gasteiger partial charge on any atom is 0.227 e. The smallest absolute Gasteiger partial charge is 0.227 e. The Morgan fingerprint density at radius 2 is 1.73 bits per heavy atom. The third kappa shape index (κ3) is 4.32. The zero-order valence-corrected chi connectivity index (χ0v) is 17.4. The van der Waals surface area contributed by atoms with Crippen molar-refractivity contribution in [1.82, 2.24) is 5.32 Å². The van der Waals surface area contributed by atoms with Gasteiger partial charge >= 0.3 is 0 Å². The van der Waals surface area contributed by atoms with E-state index in [2.05, 4.69) is 5.32 Å². The van der Waals surface area contributed by atoms with E-state index in [4.69, 9.17) is 14.2 Å². The number of nitrogens with one attached hydrogen (secondary N) is 1. The highest BCUT2D eigenvalue weighted by Gasteiger charge is 2.36. The summed E-state index contributed by atoms with van der Waals surface area (Å²) in [7, 11) is 4.45. The van der Waals surface area contributed by atoms with Crippen LogP contribution in [-0.2, 0) is 9.59 Å². The van der Waals surface area contributed by atoms with Crippen LogP contribution in [0.25, 0.3) is 0 Å². The Kier molecular flexibility index (Phi) is 6.44. The molecule has 8 heteroatoms. The van der Waals surface area contributed by atoms with Crippen molar-refractivity contribution in [3.63, 3.8) is 0 Å². The van der Waals surface area contributed by atoms with Crippen LogP contribution in [0.4, 0.5) is 10.1 Å². The van der Waals surface area contributed by atoms with Gasteiger partial charge < -0.3 is 24.4 Å². The monoisotopic (exact) mass is 416 g/mol. The molecule has 30 heavy (non-hydrogen) atoms. The summed E-state index contributed by atoms with van der Waals surface area (Å²) in [6.45, 7) is 2.02. The molecule has 2 aromatic carbocycles. The number of carbonyl (C=O) groups excluding carboxylic acids is 2. The summed E-state index contributed by atoms with van der Waals surface area (Å²) in [6.07, 6.45) is 0.101. The number of benzene rings is 2. The molecule has 1 heterocycles. The van der Waals surface area contributed by atoms with Crippen LogP contribution in [0.3, 0.4) is 0 Å². The summed E-state index contributed by atoms with van der Waals surface area (Å²) in [5.74, 6) is -0.193. The predicted molar refractivity (Wildman–Crippen MR) is 110 cm³/mol. The van der Waals surface area contributed by atoms with Gasteiger partial charge in [0.05, 0.1) is 33.3 Å². The van der Waals surface area contributed by atoms with Crippen molar-refractivity contribution < 1.29 is 28.2 Å². The second-order valence-electron chi connectivity index (χ2n) is 7.07. The number of ether oxygens (including phenoxy) is 3. The number of methoxy groups -OCH3 is 3. The third-order valence-corrected chi connectivity index (χ3v) is 5.21. The van der Waals surface area contributed by atoms with Crippen molar-refractivity contribution >= 4 is 17.5 Å². The highest BCUT2D eigenvalue weighted by atomic mass is 19.1. The van der Waals surface area contributed by atoms with Crippen molar-refractivity contribution in [2.45, 2.75) is 19.4 Å². The number of halogens is 1. The summed E-state index contributed by atoms with van der Waals surface area (Å²) in [5.41, 5.74) is 1.25. The Hall–Kier alpha value is -3.29. The van der Waals surface area contributed by atoms with E-state index in [0.717, 1.165) is 0 Å². The quantitative estimate of drug-likeness (QED) is 0.751. The standard InChI is InChI=1S/C22H25FN2O5/c1-13(14-5-7-18(28-2)17(23)9-14)24-22(27)15-10-21(26)25(12-15)16-6-8-19(29-3)20(11-16)30-4/h5-9,11,13,15H,10,12H2,1-4H3,(H,24,27)/t13-,15+/m0/s1. The molecule has 0 radical (unpaired) electrons. The molecule has 0 saturated carbocycles. The molecule has 2 atom stereocenters. The average molecular weight is 416 g/mol. The normalized spacial score (nSPS) is 16.9. The first-order chi connectivity index (χ1) is 14.4. The van der Waals surface area contributed by atoms with Crippen molar-refractivity contribution in [3.05, 3.63) is 47.8 Å².